The quantitative estimate of drug-likeness (QED) is 0.371. The zero-order chi connectivity index (χ0) is 10.4. The maximum absolute atomic E-state index is 11.4. The number of hydroxylamine groups is 1. The second kappa shape index (κ2) is 4.58. The highest BCUT2D eigenvalue weighted by Crippen LogP contribution is 2.06. The molecule has 3 N–H and O–H groups in total. The zero-order valence-electron chi connectivity index (χ0n) is 7.08. The van der Waals surface area contributed by atoms with Crippen LogP contribution in [0.2, 0.25) is 0 Å². The normalized spacial score (nSPS) is 11.5. The highest BCUT2D eigenvalue weighted by atomic mass is 32.2. The lowest BCUT2D eigenvalue weighted by Crippen LogP contribution is -2.19. The number of hydrogen-bond acceptors (Lipinski definition) is 4. The van der Waals surface area contributed by atoms with Crippen LogP contribution in [0.1, 0.15) is 0 Å². The van der Waals surface area contributed by atoms with E-state index in [0.29, 0.717) is 0 Å². The molecule has 0 radical (unpaired) electrons. The lowest BCUT2D eigenvalue weighted by atomic mass is 10.4. The minimum atomic E-state index is -3.63. The van der Waals surface area contributed by atoms with Gasteiger partial charge in [-0.1, -0.05) is 18.2 Å². The van der Waals surface area contributed by atoms with Crippen LogP contribution in [0.25, 0.3) is 0 Å². The second-order valence-electron chi connectivity index (χ2n) is 2.30. The molecule has 0 saturated heterocycles. The Balaban J connectivity index is 2.82. The monoisotopic (exact) mass is 215 g/mol. The van der Waals surface area contributed by atoms with Crippen molar-refractivity contribution in [3.63, 3.8) is 0 Å². The second-order valence-corrected chi connectivity index (χ2v) is 3.96. The number of sulfonamides is 1. The number of nitrogens with zero attached hydrogens (tertiary/aromatic N) is 1. The predicted molar refractivity (Wildman–Crippen MR) is 50.2 cm³/mol. The van der Waals surface area contributed by atoms with Gasteiger partial charge in [-0.25, -0.2) is 0 Å². The summed E-state index contributed by atoms with van der Waals surface area (Å²) in [5, 5.41) is 11.3. The fraction of sp³-hybridized carbons (Fsp3) is 0. The highest BCUT2D eigenvalue weighted by molar-refractivity contribution is 7.89. The third-order valence-corrected chi connectivity index (χ3v) is 2.59. The van der Waals surface area contributed by atoms with Gasteiger partial charge in [0, 0.05) is 0 Å². The maximum Gasteiger partial charge on any atom is 0.276 e. The molecule has 0 unspecified atom stereocenters. The minimum absolute atomic E-state index is 0.107. The fourth-order valence-electron chi connectivity index (χ4n) is 0.777. The van der Waals surface area contributed by atoms with Crippen molar-refractivity contribution in [1.29, 1.82) is 0 Å². The zero-order valence-corrected chi connectivity index (χ0v) is 7.90. The summed E-state index contributed by atoms with van der Waals surface area (Å²) in [7, 11) is -3.63. The van der Waals surface area contributed by atoms with Crippen LogP contribution in [0.3, 0.4) is 0 Å². The smallest absolute Gasteiger partial charge is 0.276 e. The molecule has 6 nitrogen and oxygen atoms in total. The summed E-state index contributed by atoms with van der Waals surface area (Å²) < 4.78 is 22.7. The summed E-state index contributed by atoms with van der Waals surface area (Å²) in [6, 6.07) is 7.77. The van der Waals surface area contributed by atoms with Gasteiger partial charge in [-0.2, -0.15) is 18.4 Å². The lowest BCUT2D eigenvalue weighted by molar-refractivity contribution is 0.239. The summed E-state index contributed by atoms with van der Waals surface area (Å²) in [5.41, 5.74) is 1.57. The van der Waals surface area contributed by atoms with Crippen molar-refractivity contribution in [3.8, 4) is 0 Å². The summed E-state index contributed by atoms with van der Waals surface area (Å²) in [6.45, 7) is 0. The van der Waals surface area contributed by atoms with E-state index in [4.69, 9.17) is 5.21 Å². The van der Waals surface area contributed by atoms with Gasteiger partial charge < -0.3 is 0 Å². The largest absolute Gasteiger partial charge is 0.290 e. The van der Waals surface area contributed by atoms with Gasteiger partial charge in [-0.05, 0) is 12.1 Å². The van der Waals surface area contributed by atoms with Gasteiger partial charge in [-0.15, -0.1) is 0 Å². The van der Waals surface area contributed by atoms with Crippen LogP contribution in [0.4, 0.5) is 0 Å². The average molecular weight is 215 g/mol. The molecule has 14 heavy (non-hydrogen) atoms. The van der Waals surface area contributed by atoms with Crippen LogP contribution in [-0.4, -0.2) is 20.0 Å². The molecule has 0 bridgehead atoms. The molecule has 0 saturated carbocycles. The standard InChI is InChI=1S/C7H9N3O3S/c11-9-6-8-10-14(12,13)7-4-2-1-3-5-7/h1-6,10-11H,(H,8,9). The molecule has 1 aromatic rings. The molecular formula is C7H9N3O3S. The van der Waals surface area contributed by atoms with Crippen LogP contribution in [-0.2, 0) is 10.0 Å². The Morgan fingerprint density at radius 2 is 1.93 bits per heavy atom. The number of nitrogens with one attached hydrogen (secondary N) is 2. The molecule has 0 spiro atoms. The van der Waals surface area contributed by atoms with Crippen molar-refractivity contribution in [2.24, 2.45) is 5.10 Å². The Kier molecular flexibility index (Phi) is 3.43. The van der Waals surface area contributed by atoms with E-state index in [0.717, 1.165) is 6.34 Å². The number of rotatable bonds is 4. The molecule has 1 rings (SSSR count). The third kappa shape index (κ3) is 2.71. The predicted octanol–water partition coefficient (Wildman–Crippen LogP) is -0.113. The van der Waals surface area contributed by atoms with Crippen LogP contribution < -0.4 is 10.3 Å². The van der Waals surface area contributed by atoms with Gasteiger partial charge in [0.15, 0.2) is 0 Å². The first kappa shape index (κ1) is 10.5. The summed E-state index contributed by atoms with van der Waals surface area (Å²) >= 11 is 0. The van der Waals surface area contributed by atoms with E-state index in [2.05, 4.69) is 5.10 Å². The molecule has 0 aliphatic rings. The number of hydrazone groups is 1. The van der Waals surface area contributed by atoms with E-state index in [-0.39, 0.29) is 4.90 Å². The van der Waals surface area contributed by atoms with E-state index >= 15 is 0 Å². The Hall–Kier alpha value is -1.60. The first-order valence-corrected chi connectivity index (χ1v) is 5.13. The van der Waals surface area contributed by atoms with E-state index in [9.17, 15) is 8.42 Å². The Bertz CT molecular complexity index is 401. The van der Waals surface area contributed by atoms with Crippen LogP contribution in [0.5, 0.6) is 0 Å². The highest BCUT2D eigenvalue weighted by Gasteiger charge is 2.10. The van der Waals surface area contributed by atoms with Gasteiger partial charge in [0.05, 0.1) is 4.90 Å². The van der Waals surface area contributed by atoms with Gasteiger partial charge in [0.25, 0.3) is 10.0 Å². The molecule has 0 aromatic heterocycles. The van der Waals surface area contributed by atoms with E-state index in [1.807, 2.05) is 4.83 Å². The Morgan fingerprint density at radius 3 is 2.50 bits per heavy atom. The molecule has 76 valence electrons. The van der Waals surface area contributed by atoms with Crippen molar-refractivity contribution in [2.45, 2.75) is 4.90 Å². The molecule has 0 heterocycles. The van der Waals surface area contributed by atoms with Gasteiger partial charge in [0.1, 0.15) is 6.34 Å². The molecule has 0 aliphatic heterocycles. The molecule has 0 amide bonds. The molecule has 0 atom stereocenters. The van der Waals surface area contributed by atoms with Crippen molar-refractivity contribution in [1.82, 2.24) is 10.3 Å². The molecule has 1 aromatic carbocycles. The number of hydrogen-bond donors (Lipinski definition) is 3. The van der Waals surface area contributed by atoms with Gasteiger partial charge in [-0.3, -0.25) is 10.7 Å². The lowest BCUT2D eigenvalue weighted by Gasteiger charge is -2.01. The Morgan fingerprint density at radius 1 is 1.29 bits per heavy atom. The molecular weight excluding hydrogens is 206 g/mol. The van der Waals surface area contributed by atoms with Crippen molar-refractivity contribution < 1.29 is 13.6 Å². The number of benzene rings is 1. The van der Waals surface area contributed by atoms with E-state index in [1.165, 1.54) is 12.1 Å². The SMILES string of the molecule is O=S(=O)(N/N=C\NO)c1ccccc1. The molecule has 7 heteroatoms. The molecule has 0 fully saturated rings. The third-order valence-electron chi connectivity index (χ3n) is 1.35. The van der Waals surface area contributed by atoms with Crippen LogP contribution in [0.15, 0.2) is 40.3 Å². The van der Waals surface area contributed by atoms with Crippen LogP contribution in [0, 0.1) is 0 Å². The van der Waals surface area contributed by atoms with E-state index in [1.54, 1.807) is 23.7 Å². The first-order valence-electron chi connectivity index (χ1n) is 3.65. The maximum atomic E-state index is 11.4. The average Bonchev–Trinajstić information content (AvgIpc) is 2.19. The fourth-order valence-corrected chi connectivity index (χ4v) is 1.59. The van der Waals surface area contributed by atoms with Crippen LogP contribution >= 0.6 is 0 Å². The van der Waals surface area contributed by atoms with Crippen molar-refractivity contribution >= 4 is 16.4 Å². The van der Waals surface area contributed by atoms with Crippen molar-refractivity contribution in [2.75, 3.05) is 0 Å². The summed E-state index contributed by atoms with van der Waals surface area (Å²) in [5.74, 6) is 0. The summed E-state index contributed by atoms with van der Waals surface area (Å²) in [4.78, 5) is 2.00. The van der Waals surface area contributed by atoms with Crippen molar-refractivity contribution in [3.05, 3.63) is 30.3 Å². The molecule has 0 aliphatic carbocycles. The van der Waals surface area contributed by atoms with Gasteiger partial charge in [0.2, 0.25) is 0 Å². The Labute approximate surface area is 81.3 Å². The van der Waals surface area contributed by atoms with Gasteiger partial charge >= 0.3 is 0 Å². The van der Waals surface area contributed by atoms with E-state index < -0.39 is 10.0 Å². The minimum Gasteiger partial charge on any atom is -0.290 e. The first-order chi connectivity index (χ1) is 6.67. The summed E-state index contributed by atoms with van der Waals surface area (Å²) in [6.07, 6.45) is 0.806. The topological polar surface area (TPSA) is 90.8 Å².